The van der Waals surface area contributed by atoms with Crippen molar-refractivity contribution >= 4 is 11.3 Å². The maximum atomic E-state index is 6.21. The molecule has 0 bridgehead atoms. The maximum absolute atomic E-state index is 6.21. The van der Waals surface area contributed by atoms with E-state index < -0.39 is 0 Å². The summed E-state index contributed by atoms with van der Waals surface area (Å²) in [5.74, 6) is 0.539. The van der Waals surface area contributed by atoms with Gasteiger partial charge >= 0.3 is 0 Å². The molecule has 0 radical (unpaired) electrons. The van der Waals surface area contributed by atoms with Crippen molar-refractivity contribution in [3.8, 4) is 0 Å². The Morgan fingerprint density at radius 1 is 1.61 bits per heavy atom. The molecule has 0 amide bonds. The molecule has 1 aromatic heterocycles. The van der Waals surface area contributed by atoms with E-state index in [4.69, 9.17) is 15.2 Å². The van der Waals surface area contributed by atoms with Crippen LogP contribution in [-0.4, -0.2) is 25.9 Å². The van der Waals surface area contributed by atoms with Crippen molar-refractivity contribution in [2.24, 2.45) is 11.7 Å². The van der Waals surface area contributed by atoms with Crippen LogP contribution in [0.25, 0.3) is 0 Å². The second-order valence-corrected chi connectivity index (χ2v) is 5.97. The van der Waals surface area contributed by atoms with Gasteiger partial charge in [0.25, 0.3) is 0 Å². The molecule has 0 spiro atoms. The van der Waals surface area contributed by atoms with Crippen LogP contribution in [0.2, 0.25) is 0 Å². The average molecular weight is 269 g/mol. The van der Waals surface area contributed by atoms with Gasteiger partial charge in [0.1, 0.15) is 6.10 Å². The summed E-state index contributed by atoms with van der Waals surface area (Å²) in [6, 6.07) is 2.21. The van der Waals surface area contributed by atoms with Gasteiger partial charge in [-0.25, -0.2) is 0 Å². The lowest BCUT2D eigenvalue weighted by atomic mass is 10.0. The quantitative estimate of drug-likeness (QED) is 0.863. The first-order valence-corrected chi connectivity index (χ1v) is 7.59. The van der Waals surface area contributed by atoms with E-state index in [1.54, 1.807) is 11.3 Å². The van der Waals surface area contributed by atoms with Crippen LogP contribution < -0.4 is 5.73 Å². The molecular formula is C14H23NO2S. The molecule has 1 aromatic rings. The summed E-state index contributed by atoms with van der Waals surface area (Å²) < 4.78 is 11.5. The largest absolute Gasteiger partial charge is 0.381 e. The lowest BCUT2D eigenvalue weighted by molar-refractivity contribution is 0.0112. The van der Waals surface area contributed by atoms with Crippen molar-refractivity contribution in [3.63, 3.8) is 0 Å². The highest BCUT2D eigenvalue weighted by Gasteiger charge is 2.24. The fraction of sp³-hybridized carbons (Fsp3) is 0.714. The third-order valence-electron chi connectivity index (χ3n) is 3.56. The van der Waals surface area contributed by atoms with Crippen molar-refractivity contribution in [1.82, 2.24) is 0 Å². The smallest absolute Gasteiger partial charge is 0.107 e. The zero-order valence-corrected chi connectivity index (χ0v) is 12.0. The Bertz CT molecular complexity index is 360. The second kappa shape index (κ2) is 6.66. The molecule has 4 heteroatoms. The Morgan fingerprint density at radius 2 is 2.44 bits per heavy atom. The minimum absolute atomic E-state index is 0.0376. The molecule has 3 atom stereocenters. The molecule has 102 valence electrons. The number of rotatable bonds is 6. The van der Waals surface area contributed by atoms with Crippen molar-refractivity contribution in [2.75, 3.05) is 19.8 Å². The third-order valence-corrected chi connectivity index (χ3v) is 4.64. The van der Waals surface area contributed by atoms with E-state index in [0.29, 0.717) is 5.92 Å². The Labute approximate surface area is 113 Å². The highest BCUT2D eigenvalue weighted by atomic mass is 32.1. The summed E-state index contributed by atoms with van der Waals surface area (Å²) in [7, 11) is 0. The van der Waals surface area contributed by atoms with Crippen LogP contribution in [0.1, 0.15) is 36.3 Å². The number of thiophene rings is 1. The van der Waals surface area contributed by atoms with Gasteiger partial charge in [0.15, 0.2) is 0 Å². The lowest BCUT2D eigenvalue weighted by Crippen LogP contribution is -2.30. The third kappa shape index (κ3) is 3.32. The van der Waals surface area contributed by atoms with E-state index in [1.165, 1.54) is 10.4 Å². The topological polar surface area (TPSA) is 44.5 Å². The van der Waals surface area contributed by atoms with Crippen LogP contribution in [-0.2, 0) is 9.47 Å². The fourth-order valence-corrected chi connectivity index (χ4v) is 3.29. The molecule has 2 rings (SSSR count). The summed E-state index contributed by atoms with van der Waals surface area (Å²) in [4.78, 5) is 1.28. The van der Waals surface area contributed by atoms with Crippen molar-refractivity contribution in [3.05, 3.63) is 21.9 Å². The van der Waals surface area contributed by atoms with Gasteiger partial charge < -0.3 is 15.2 Å². The van der Waals surface area contributed by atoms with Crippen molar-refractivity contribution in [1.29, 1.82) is 0 Å². The molecule has 3 nitrogen and oxygen atoms in total. The van der Waals surface area contributed by atoms with Gasteiger partial charge in [0.05, 0.1) is 13.2 Å². The molecule has 2 heterocycles. The molecule has 1 fully saturated rings. The summed E-state index contributed by atoms with van der Waals surface area (Å²) in [6.45, 7) is 6.70. The Morgan fingerprint density at radius 3 is 3.00 bits per heavy atom. The number of hydrogen-bond acceptors (Lipinski definition) is 4. The van der Waals surface area contributed by atoms with Gasteiger partial charge in [-0.1, -0.05) is 6.92 Å². The summed E-state index contributed by atoms with van der Waals surface area (Å²) in [5, 5.41) is 2.11. The molecule has 1 saturated heterocycles. The Hall–Kier alpha value is -0.420. The van der Waals surface area contributed by atoms with Crippen LogP contribution in [0.15, 0.2) is 11.4 Å². The van der Waals surface area contributed by atoms with Gasteiger partial charge in [0, 0.05) is 23.4 Å². The molecule has 2 N–H and O–H groups in total. The highest BCUT2D eigenvalue weighted by molar-refractivity contribution is 7.10. The molecule has 3 unspecified atom stereocenters. The molecule has 18 heavy (non-hydrogen) atoms. The predicted octanol–water partition coefficient (Wildman–Crippen LogP) is 2.89. The SMILES string of the molecule is CCC(N)C(OCC1CCOC1)c1sccc1C. The van der Waals surface area contributed by atoms with Gasteiger partial charge in [-0.05, 0) is 36.8 Å². The normalized spacial score (nSPS) is 23.2. The van der Waals surface area contributed by atoms with E-state index in [-0.39, 0.29) is 12.1 Å². The number of aryl methyl sites for hydroxylation is 1. The van der Waals surface area contributed by atoms with Gasteiger partial charge in [0.2, 0.25) is 0 Å². The Kier molecular flexibility index (Phi) is 5.18. The van der Waals surface area contributed by atoms with Crippen LogP contribution in [0.4, 0.5) is 0 Å². The van der Waals surface area contributed by atoms with E-state index >= 15 is 0 Å². The summed E-state index contributed by atoms with van der Waals surface area (Å²) >= 11 is 1.75. The summed E-state index contributed by atoms with van der Waals surface area (Å²) in [5.41, 5.74) is 7.50. The molecule has 1 aliphatic heterocycles. The lowest BCUT2D eigenvalue weighted by Gasteiger charge is -2.24. The van der Waals surface area contributed by atoms with Crippen LogP contribution in [0.5, 0.6) is 0 Å². The molecule has 0 saturated carbocycles. The number of ether oxygens (including phenoxy) is 2. The molecule has 0 aromatic carbocycles. The van der Waals surface area contributed by atoms with E-state index in [9.17, 15) is 0 Å². The average Bonchev–Trinajstić information content (AvgIpc) is 3.01. The standard InChI is InChI=1S/C14H23NO2S/c1-3-12(15)13(14-10(2)5-7-18-14)17-9-11-4-6-16-8-11/h5,7,11-13H,3-4,6,8-9,15H2,1-2H3. The summed E-state index contributed by atoms with van der Waals surface area (Å²) in [6.07, 6.45) is 2.08. The maximum Gasteiger partial charge on any atom is 0.107 e. The fourth-order valence-electron chi connectivity index (χ4n) is 2.24. The van der Waals surface area contributed by atoms with Gasteiger partial charge in [-0.2, -0.15) is 0 Å². The van der Waals surface area contributed by atoms with Gasteiger partial charge in [-0.3, -0.25) is 0 Å². The minimum atomic E-state index is 0.0376. The zero-order chi connectivity index (χ0) is 13.0. The highest BCUT2D eigenvalue weighted by Crippen LogP contribution is 2.30. The van der Waals surface area contributed by atoms with Crippen molar-refractivity contribution < 1.29 is 9.47 Å². The van der Waals surface area contributed by atoms with Crippen LogP contribution >= 0.6 is 11.3 Å². The molecular weight excluding hydrogens is 246 g/mol. The monoisotopic (exact) mass is 269 g/mol. The first kappa shape index (κ1) is 14.0. The zero-order valence-electron chi connectivity index (χ0n) is 11.2. The minimum Gasteiger partial charge on any atom is -0.381 e. The number of hydrogen-bond donors (Lipinski definition) is 1. The van der Waals surface area contributed by atoms with Gasteiger partial charge in [-0.15, -0.1) is 11.3 Å². The van der Waals surface area contributed by atoms with E-state index in [0.717, 1.165) is 32.7 Å². The van der Waals surface area contributed by atoms with E-state index in [1.807, 2.05) is 0 Å². The van der Waals surface area contributed by atoms with Crippen LogP contribution in [0, 0.1) is 12.8 Å². The van der Waals surface area contributed by atoms with E-state index in [2.05, 4.69) is 25.3 Å². The predicted molar refractivity (Wildman–Crippen MR) is 74.9 cm³/mol. The van der Waals surface area contributed by atoms with Crippen molar-refractivity contribution in [2.45, 2.75) is 38.8 Å². The second-order valence-electron chi connectivity index (χ2n) is 5.02. The molecule has 0 aliphatic carbocycles. The first-order chi connectivity index (χ1) is 8.72. The Balaban J connectivity index is 1.99. The number of nitrogens with two attached hydrogens (primary N) is 1. The van der Waals surface area contributed by atoms with Crippen LogP contribution in [0.3, 0.4) is 0 Å². The first-order valence-electron chi connectivity index (χ1n) is 6.71. The molecule has 1 aliphatic rings.